The van der Waals surface area contributed by atoms with Crippen LogP contribution in [0, 0.1) is 5.92 Å². The van der Waals surface area contributed by atoms with Crippen LogP contribution < -0.4 is 5.32 Å². The van der Waals surface area contributed by atoms with Crippen LogP contribution in [0.1, 0.15) is 72.3 Å². The molecule has 0 spiro atoms. The first-order chi connectivity index (χ1) is 14.5. The molecule has 0 bridgehead atoms. The number of thiophene rings is 1. The lowest BCUT2D eigenvalue weighted by Crippen LogP contribution is -2.50. The van der Waals surface area contributed by atoms with Crippen LogP contribution in [0.5, 0.6) is 0 Å². The van der Waals surface area contributed by atoms with Crippen molar-refractivity contribution in [2.45, 2.75) is 63.6 Å². The first-order valence-corrected chi connectivity index (χ1v) is 11.8. The lowest BCUT2D eigenvalue weighted by atomic mass is 9.80. The van der Waals surface area contributed by atoms with Gasteiger partial charge in [0, 0.05) is 23.0 Å². The molecule has 1 saturated carbocycles. The molecule has 0 saturated heterocycles. The largest absolute Gasteiger partial charge is 0.393 e. The van der Waals surface area contributed by atoms with Gasteiger partial charge >= 0.3 is 0 Å². The van der Waals surface area contributed by atoms with Crippen LogP contribution >= 0.6 is 11.3 Å². The lowest BCUT2D eigenvalue weighted by Gasteiger charge is -2.42. The SMILES string of the molecule is CC(C)CN1C(=O)c2ccccc2[C@@H](C(=O)NC2CCC(O)CC2)[C@@H]1c1cccs1. The highest BCUT2D eigenvalue weighted by molar-refractivity contribution is 7.10. The summed E-state index contributed by atoms with van der Waals surface area (Å²) in [5.74, 6) is -0.167. The number of hydrogen-bond donors (Lipinski definition) is 2. The van der Waals surface area contributed by atoms with Crippen LogP contribution in [0.15, 0.2) is 41.8 Å². The molecule has 30 heavy (non-hydrogen) atoms. The third kappa shape index (κ3) is 4.16. The van der Waals surface area contributed by atoms with Crippen LogP contribution in [0.2, 0.25) is 0 Å². The molecule has 1 aromatic carbocycles. The predicted octanol–water partition coefficient (Wildman–Crippen LogP) is 4.10. The second-order valence-electron chi connectivity index (χ2n) is 8.89. The first kappa shape index (κ1) is 21.1. The Labute approximate surface area is 182 Å². The number of aliphatic hydroxyl groups excluding tert-OH is 1. The van der Waals surface area contributed by atoms with Gasteiger partial charge in [0.1, 0.15) is 0 Å². The second-order valence-corrected chi connectivity index (χ2v) is 9.87. The highest BCUT2D eigenvalue weighted by atomic mass is 32.1. The number of amides is 2. The van der Waals surface area contributed by atoms with Gasteiger partial charge in [-0.05, 0) is 54.7 Å². The van der Waals surface area contributed by atoms with Crippen LogP contribution in [-0.2, 0) is 4.79 Å². The number of carbonyl (C=O) groups is 2. The van der Waals surface area contributed by atoms with Crippen LogP contribution in [0.25, 0.3) is 0 Å². The van der Waals surface area contributed by atoms with E-state index >= 15 is 0 Å². The molecule has 2 atom stereocenters. The minimum atomic E-state index is -0.442. The molecule has 1 aromatic heterocycles. The fourth-order valence-corrected chi connectivity index (χ4v) is 5.63. The molecule has 2 aromatic rings. The van der Waals surface area contributed by atoms with Crippen molar-refractivity contribution in [3.05, 3.63) is 57.8 Å². The molecular formula is C24H30N2O3S. The van der Waals surface area contributed by atoms with E-state index in [4.69, 9.17) is 0 Å². The molecule has 1 fully saturated rings. The maximum Gasteiger partial charge on any atom is 0.254 e. The average molecular weight is 427 g/mol. The van der Waals surface area contributed by atoms with Crippen molar-refractivity contribution in [2.75, 3.05) is 6.54 Å². The van der Waals surface area contributed by atoms with Crippen LogP contribution in [0.3, 0.4) is 0 Å². The molecule has 2 aliphatic rings. The molecule has 2 heterocycles. The Morgan fingerprint density at radius 2 is 1.90 bits per heavy atom. The van der Waals surface area contributed by atoms with E-state index in [-0.39, 0.29) is 30.0 Å². The van der Waals surface area contributed by atoms with Gasteiger partial charge in [-0.3, -0.25) is 9.59 Å². The maximum absolute atomic E-state index is 13.6. The smallest absolute Gasteiger partial charge is 0.254 e. The Bertz CT molecular complexity index is 888. The van der Waals surface area contributed by atoms with E-state index in [1.165, 1.54) is 0 Å². The number of fused-ring (bicyclic) bond motifs is 1. The number of nitrogens with zero attached hydrogens (tertiary/aromatic N) is 1. The summed E-state index contributed by atoms with van der Waals surface area (Å²) in [6.07, 6.45) is 2.77. The lowest BCUT2D eigenvalue weighted by molar-refractivity contribution is -0.125. The zero-order valence-corrected chi connectivity index (χ0v) is 18.4. The number of aliphatic hydroxyl groups is 1. The van der Waals surface area contributed by atoms with E-state index in [1.807, 2.05) is 46.7 Å². The Balaban J connectivity index is 1.73. The molecule has 0 radical (unpaired) electrons. The topological polar surface area (TPSA) is 69.6 Å². The van der Waals surface area contributed by atoms with Gasteiger partial charge in [-0.15, -0.1) is 11.3 Å². The minimum Gasteiger partial charge on any atom is -0.393 e. The van der Waals surface area contributed by atoms with Gasteiger partial charge in [-0.2, -0.15) is 0 Å². The summed E-state index contributed by atoms with van der Waals surface area (Å²) in [5.41, 5.74) is 1.44. The summed E-state index contributed by atoms with van der Waals surface area (Å²) < 4.78 is 0. The molecule has 160 valence electrons. The molecular weight excluding hydrogens is 396 g/mol. The Morgan fingerprint density at radius 1 is 1.17 bits per heavy atom. The quantitative estimate of drug-likeness (QED) is 0.756. The fraction of sp³-hybridized carbons (Fsp3) is 0.500. The summed E-state index contributed by atoms with van der Waals surface area (Å²) in [5, 5.41) is 15.1. The Hall–Kier alpha value is -2.18. The molecule has 2 N–H and O–H groups in total. The standard InChI is InChI=1S/C24H30N2O3S/c1-15(2)14-26-22(20-8-5-13-30-20)21(18-6-3-4-7-19(18)24(26)29)23(28)25-16-9-11-17(27)12-10-16/h3-8,13,15-17,21-22,27H,9-12,14H2,1-2H3,(H,25,28)/t16?,17?,21-,22+/m1/s1. The van der Waals surface area contributed by atoms with Gasteiger partial charge in [0.25, 0.3) is 5.91 Å². The molecule has 6 heteroatoms. The third-order valence-electron chi connectivity index (χ3n) is 6.16. The van der Waals surface area contributed by atoms with Gasteiger partial charge in [0.05, 0.1) is 18.1 Å². The van der Waals surface area contributed by atoms with E-state index in [0.29, 0.717) is 18.0 Å². The predicted molar refractivity (Wildman–Crippen MR) is 119 cm³/mol. The average Bonchev–Trinajstić information content (AvgIpc) is 3.25. The Kier molecular flexibility index (Phi) is 6.25. The zero-order valence-electron chi connectivity index (χ0n) is 17.6. The number of benzene rings is 1. The molecule has 1 aliphatic carbocycles. The molecule has 1 aliphatic heterocycles. The van der Waals surface area contributed by atoms with Gasteiger partial charge in [0.15, 0.2) is 0 Å². The van der Waals surface area contributed by atoms with Crippen LogP contribution in [-0.4, -0.2) is 40.5 Å². The van der Waals surface area contributed by atoms with Crippen molar-refractivity contribution < 1.29 is 14.7 Å². The summed E-state index contributed by atoms with van der Waals surface area (Å²) in [6.45, 7) is 4.80. The van der Waals surface area contributed by atoms with E-state index in [0.717, 1.165) is 36.1 Å². The summed E-state index contributed by atoms with van der Waals surface area (Å²) in [7, 11) is 0. The summed E-state index contributed by atoms with van der Waals surface area (Å²) >= 11 is 1.60. The molecule has 2 amide bonds. The monoisotopic (exact) mass is 426 g/mol. The third-order valence-corrected chi connectivity index (χ3v) is 7.10. The van der Waals surface area contributed by atoms with E-state index in [1.54, 1.807) is 11.3 Å². The van der Waals surface area contributed by atoms with Crippen molar-refractivity contribution >= 4 is 23.2 Å². The fourth-order valence-electron chi connectivity index (χ4n) is 4.76. The number of hydrogen-bond acceptors (Lipinski definition) is 4. The Morgan fingerprint density at radius 3 is 2.57 bits per heavy atom. The van der Waals surface area contributed by atoms with Crippen molar-refractivity contribution in [1.82, 2.24) is 10.2 Å². The van der Waals surface area contributed by atoms with Gasteiger partial charge in [-0.25, -0.2) is 0 Å². The molecule has 4 rings (SSSR count). The number of nitrogens with one attached hydrogen (secondary N) is 1. The normalized spacial score (nSPS) is 26.5. The summed E-state index contributed by atoms with van der Waals surface area (Å²) in [6, 6.07) is 11.3. The van der Waals surface area contributed by atoms with Crippen molar-refractivity contribution in [2.24, 2.45) is 5.92 Å². The van der Waals surface area contributed by atoms with Crippen molar-refractivity contribution in [3.8, 4) is 0 Å². The minimum absolute atomic E-state index is 0.00235. The van der Waals surface area contributed by atoms with E-state index < -0.39 is 5.92 Å². The van der Waals surface area contributed by atoms with E-state index in [9.17, 15) is 14.7 Å². The highest BCUT2D eigenvalue weighted by Crippen LogP contribution is 2.44. The second kappa shape index (κ2) is 8.90. The van der Waals surface area contributed by atoms with Gasteiger partial charge < -0.3 is 15.3 Å². The van der Waals surface area contributed by atoms with Crippen molar-refractivity contribution in [3.63, 3.8) is 0 Å². The van der Waals surface area contributed by atoms with Crippen molar-refractivity contribution in [1.29, 1.82) is 0 Å². The van der Waals surface area contributed by atoms with E-state index in [2.05, 4.69) is 19.2 Å². The zero-order chi connectivity index (χ0) is 21.3. The number of rotatable bonds is 5. The molecule has 5 nitrogen and oxygen atoms in total. The first-order valence-electron chi connectivity index (χ1n) is 10.9. The molecule has 0 unspecified atom stereocenters. The van der Waals surface area contributed by atoms with Crippen LogP contribution in [0.4, 0.5) is 0 Å². The summed E-state index contributed by atoms with van der Waals surface area (Å²) in [4.78, 5) is 30.0. The highest BCUT2D eigenvalue weighted by Gasteiger charge is 2.45. The van der Waals surface area contributed by atoms with Gasteiger partial charge in [0.2, 0.25) is 5.91 Å². The number of carbonyl (C=O) groups excluding carboxylic acids is 2. The maximum atomic E-state index is 13.6. The van der Waals surface area contributed by atoms with Gasteiger partial charge in [-0.1, -0.05) is 38.1 Å².